The predicted molar refractivity (Wildman–Crippen MR) is 183 cm³/mol. The van der Waals surface area contributed by atoms with Gasteiger partial charge in [-0.1, -0.05) is 25.3 Å². The molecule has 2 saturated heterocycles. The number of nitrogens with zero attached hydrogens (tertiary/aromatic N) is 3. The number of nitrogens with two attached hydrogens (primary N) is 1. The molecule has 12 heteroatoms. The lowest BCUT2D eigenvalue weighted by atomic mass is 9.81. The molecule has 4 heterocycles. The van der Waals surface area contributed by atoms with Crippen LogP contribution in [0.1, 0.15) is 84.7 Å². The quantitative estimate of drug-likeness (QED) is 0.400. The Morgan fingerprint density at radius 1 is 0.918 bits per heavy atom. The first-order chi connectivity index (χ1) is 23.5. The zero-order chi connectivity index (χ0) is 33.8. The third kappa shape index (κ3) is 5.08. The van der Waals surface area contributed by atoms with Gasteiger partial charge in [-0.25, -0.2) is 9.86 Å². The summed E-state index contributed by atoms with van der Waals surface area (Å²) in [6.45, 7) is 3.27. The maximum atomic E-state index is 14.9. The Kier molecular flexibility index (Phi) is 7.02. The van der Waals surface area contributed by atoms with Gasteiger partial charge in [0, 0.05) is 78.4 Å². The Hall–Kier alpha value is -3.90. The first kappa shape index (κ1) is 31.1. The van der Waals surface area contributed by atoms with Crippen LogP contribution in [0.15, 0.2) is 36.4 Å². The van der Waals surface area contributed by atoms with Crippen LogP contribution in [0.25, 0.3) is 22.2 Å². The van der Waals surface area contributed by atoms with Crippen LogP contribution in [0.3, 0.4) is 0 Å². The van der Waals surface area contributed by atoms with E-state index in [9.17, 15) is 22.8 Å². The molecule has 49 heavy (non-hydrogen) atoms. The van der Waals surface area contributed by atoms with Crippen LogP contribution in [0, 0.1) is 23.2 Å². The number of hydrogen-bond donors (Lipinski definition) is 2. The predicted octanol–water partition coefficient (Wildman–Crippen LogP) is 4.11. The number of benzene rings is 2. The van der Waals surface area contributed by atoms with Gasteiger partial charge in [0.25, 0.3) is 16.1 Å². The van der Waals surface area contributed by atoms with Crippen molar-refractivity contribution in [1.29, 1.82) is 0 Å². The summed E-state index contributed by atoms with van der Waals surface area (Å²) in [6, 6.07) is 11.6. The lowest BCUT2D eigenvalue weighted by molar-refractivity contribution is -0.137. The van der Waals surface area contributed by atoms with Crippen molar-refractivity contribution in [2.75, 3.05) is 33.3 Å². The van der Waals surface area contributed by atoms with Crippen molar-refractivity contribution in [2.24, 2.45) is 28.3 Å². The molecule has 3 aliphatic heterocycles. The van der Waals surface area contributed by atoms with E-state index in [2.05, 4.69) is 21.6 Å². The second kappa shape index (κ2) is 11.1. The molecule has 5 fully saturated rings. The molecule has 0 bridgehead atoms. The zero-order valence-electron chi connectivity index (χ0n) is 27.8. The second-order valence-electron chi connectivity index (χ2n) is 15.5. The van der Waals surface area contributed by atoms with Crippen molar-refractivity contribution < 1.29 is 27.5 Å². The topological polar surface area (TPSA) is 144 Å². The third-order valence-electron chi connectivity index (χ3n) is 12.5. The Balaban J connectivity index is 1.14. The molecule has 9 rings (SSSR count). The van der Waals surface area contributed by atoms with Crippen LogP contribution in [0.2, 0.25) is 0 Å². The molecule has 0 radical (unpaired) electrons. The molecule has 1 aromatic heterocycles. The summed E-state index contributed by atoms with van der Waals surface area (Å²) in [5, 5.41) is 6.20. The molecule has 3 amide bonds. The molecule has 6 aliphatic rings. The SMILES string of the molecule is COc1ccc2c(c1)C1CC1(C(=O)N1CC3CN(C(=O)C4CC4)CC3C1)Cn1c-2c(C2CCCCC2)c2ccc(C(=O)NS(N)(=O)=O)cc21. The normalized spacial score (nSPS) is 27.6. The average molecular weight is 686 g/mol. The molecule has 11 nitrogen and oxygen atoms in total. The van der Waals surface area contributed by atoms with E-state index >= 15 is 0 Å². The van der Waals surface area contributed by atoms with Gasteiger partial charge in [-0.05, 0) is 79.5 Å². The first-order valence-corrected chi connectivity index (χ1v) is 19.4. The fourth-order valence-electron chi connectivity index (χ4n) is 9.85. The Morgan fingerprint density at radius 3 is 2.31 bits per heavy atom. The van der Waals surface area contributed by atoms with E-state index in [1.807, 2.05) is 21.8 Å². The summed E-state index contributed by atoms with van der Waals surface area (Å²) in [7, 11) is -2.58. The first-order valence-electron chi connectivity index (χ1n) is 17.8. The van der Waals surface area contributed by atoms with Gasteiger partial charge < -0.3 is 19.1 Å². The highest BCUT2D eigenvalue weighted by Gasteiger charge is 2.65. The van der Waals surface area contributed by atoms with Crippen molar-refractivity contribution in [3.8, 4) is 17.0 Å². The number of fused-ring (bicyclic) bond motifs is 8. The van der Waals surface area contributed by atoms with Crippen LogP contribution in [0.4, 0.5) is 0 Å². The van der Waals surface area contributed by atoms with Gasteiger partial charge in [0.05, 0.1) is 18.2 Å². The van der Waals surface area contributed by atoms with E-state index in [1.54, 1.807) is 19.2 Å². The number of carbonyl (C=O) groups excluding carboxylic acids is 3. The number of ether oxygens (including phenoxy) is 1. The number of rotatable bonds is 6. The van der Waals surface area contributed by atoms with E-state index in [1.165, 1.54) is 12.0 Å². The van der Waals surface area contributed by atoms with E-state index in [0.717, 1.165) is 85.1 Å². The molecular formula is C37H43N5O6S. The fraction of sp³-hybridized carbons (Fsp3) is 0.541. The highest BCUT2D eigenvalue weighted by molar-refractivity contribution is 7.87. The largest absolute Gasteiger partial charge is 0.497 e. The molecule has 3 aromatic rings. The van der Waals surface area contributed by atoms with Crippen molar-refractivity contribution in [3.63, 3.8) is 0 Å². The molecular weight excluding hydrogens is 643 g/mol. The second-order valence-corrected chi connectivity index (χ2v) is 16.8. The van der Waals surface area contributed by atoms with E-state index in [0.29, 0.717) is 49.7 Å². The van der Waals surface area contributed by atoms with Crippen LogP contribution in [-0.4, -0.2) is 73.8 Å². The lowest BCUT2D eigenvalue weighted by Crippen LogP contribution is -2.41. The number of methoxy groups -OCH3 is 1. The number of hydrogen-bond acceptors (Lipinski definition) is 6. The standard InChI is InChI=1S/C37H43N5O6S/c1-48-26-10-12-27-29(14-26)30-15-37(30,36(45)41-18-24-16-40(17-25(24)19-41)35(44)22-7-8-22)20-42-31-13-23(34(43)39-49(38,46)47)9-11-28(31)32(33(27)42)21-5-3-2-4-6-21/h9-14,21-22,24-25,30H,2-8,15-20H2,1H3,(H,39,43)(H2,38,46,47). The molecule has 258 valence electrons. The fourth-order valence-corrected chi connectivity index (χ4v) is 10.2. The van der Waals surface area contributed by atoms with Crippen LogP contribution in [-0.2, 0) is 26.3 Å². The van der Waals surface area contributed by atoms with Gasteiger partial charge in [-0.15, -0.1) is 0 Å². The van der Waals surface area contributed by atoms with Crippen molar-refractivity contribution in [3.05, 3.63) is 53.1 Å². The van der Waals surface area contributed by atoms with Crippen LogP contribution in [0.5, 0.6) is 5.75 Å². The number of aromatic nitrogens is 1. The minimum atomic E-state index is -4.25. The molecule has 0 spiro atoms. The summed E-state index contributed by atoms with van der Waals surface area (Å²) < 4.78 is 33.4. The lowest BCUT2D eigenvalue weighted by Gasteiger charge is -2.27. The average Bonchev–Trinajstić information content (AvgIpc) is 3.96. The number of carbonyl (C=O) groups is 3. The number of amides is 3. The summed E-state index contributed by atoms with van der Waals surface area (Å²) in [4.78, 5) is 44.9. The highest BCUT2D eigenvalue weighted by Crippen LogP contribution is 2.66. The molecule has 2 aromatic carbocycles. The van der Waals surface area contributed by atoms with Gasteiger partial charge >= 0.3 is 0 Å². The summed E-state index contributed by atoms with van der Waals surface area (Å²) >= 11 is 0. The monoisotopic (exact) mass is 685 g/mol. The molecule has 4 atom stereocenters. The Labute approximate surface area is 286 Å². The molecule has 3 N–H and O–H groups in total. The van der Waals surface area contributed by atoms with E-state index < -0.39 is 21.5 Å². The van der Waals surface area contributed by atoms with Gasteiger partial charge in [0.15, 0.2) is 0 Å². The number of likely N-dealkylation sites (tertiary alicyclic amines) is 2. The zero-order valence-corrected chi connectivity index (χ0v) is 28.6. The minimum Gasteiger partial charge on any atom is -0.497 e. The van der Waals surface area contributed by atoms with Crippen molar-refractivity contribution in [2.45, 2.75) is 69.7 Å². The van der Waals surface area contributed by atoms with E-state index in [4.69, 9.17) is 9.88 Å². The Morgan fingerprint density at radius 2 is 1.63 bits per heavy atom. The molecule has 4 unspecified atom stereocenters. The summed E-state index contributed by atoms with van der Waals surface area (Å²) in [5.41, 5.74) is 4.92. The summed E-state index contributed by atoms with van der Waals surface area (Å²) in [6.07, 6.45) is 8.35. The number of nitrogens with one attached hydrogen (secondary N) is 1. The molecule has 3 aliphatic carbocycles. The smallest absolute Gasteiger partial charge is 0.298 e. The van der Waals surface area contributed by atoms with E-state index in [-0.39, 0.29) is 23.3 Å². The van der Waals surface area contributed by atoms with Gasteiger partial charge in [0.2, 0.25) is 11.8 Å². The van der Waals surface area contributed by atoms with Gasteiger partial charge in [0.1, 0.15) is 5.75 Å². The Bertz CT molecular complexity index is 2020. The highest BCUT2D eigenvalue weighted by atomic mass is 32.2. The maximum absolute atomic E-state index is 14.9. The van der Waals surface area contributed by atoms with Crippen LogP contribution < -0.4 is 14.6 Å². The van der Waals surface area contributed by atoms with Gasteiger partial charge in [-0.3, -0.25) is 14.4 Å². The third-order valence-corrected chi connectivity index (χ3v) is 12.9. The summed E-state index contributed by atoms with van der Waals surface area (Å²) in [5.74, 6) is 1.59. The van der Waals surface area contributed by atoms with Crippen LogP contribution >= 0.6 is 0 Å². The van der Waals surface area contributed by atoms with Crippen molar-refractivity contribution >= 4 is 38.8 Å². The maximum Gasteiger partial charge on any atom is 0.298 e. The van der Waals surface area contributed by atoms with Gasteiger partial charge in [-0.2, -0.15) is 8.42 Å². The molecule has 3 saturated carbocycles. The minimum absolute atomic E-state index is 0.0153. The van der Waals surface area contributed by atoms with Crippen molar-refractivity contribution in [1.82, 2.24) is 19.1 Å².